The third-order valence-corrected chi connectivity index (χ3v) is 3.52. The Morgan fingerprint density at radius 3 is 2.24 bits per heavy atom. The van der Waals surface area contributed by atoms with Gasteiger partial charge in [0.2, 0.25) is 0 Å². The number of benzene rings is 2. The third kappa shape index (κ3) is 4.23. The van der Waals surface area contributed by atoms with Gasteiger partial charge in [0.05, 0.1) is 0 Å². The average Bonchev–Trinajstić information content (AvgIpc) is 2.46. The Morgan fingerprint density at radius 1 is 0.952 bits per heavy atom. The van der Waals surface area contributed by atoms with Crippen molar-refractivity contribution in [3.63, 3.8) is 0 Å². The van der Waals surface area contributed by atoms with Gasteiger partial charge in [-0.1, -0.05) is 36.4 Å². The molecule has 2 rings (SSSR count). The Bertz CT molecular complexity index is 575. The van der Waals surface area contributed by atoms with E-state index >= 15 is 0 Å². The van der Waals surface area contributed by atoms with Crippen molar-refractivity contribution < 1.29 is 9.84 Å². The number of aliphatic hydroxyl groups excluding tert-OH is 1. The van der Waals surface area contributed by atoms with Crippen molar-refractivity contribution in [3.8, 4) is 5.75 Å². The van der Waals surface area contributed by atoms with Gasteiger partial charge in [0.1, 0.15) is 18.5 Å². The van der Waals surface area contributed by atoms with Crippen LogP contribution in [-0.4, -0.2) is 24.4 Å². The van der Waals surface area contributed by atoms with Crippen molar-refractivity contribution in [3.05, 3.63) is 59.2 Å². The predicted octanol–water partition coefficient (Wildman–Crippen LogP) is 3.46. The van der Waals surface area contributed by atoms with Crippen LogP contribution in [0, 0.1) is 20.8 Å². The molecule has 112 valence electrons. The van der Waals surface area contributed by atoms with Gasteiger partial charge < -0.3 is 15.2 Å². The molecule has 0 heterocycles. The number of para-hydroxylation sites is 2. The quantitative estimate of drug-likeness (QED) is 0.854. The molecule has 1 atom stereocenters. The van der Waals surface area contributed by atoms with E-state index in [4.69, 9.17) is 4.74 Å². The van der Waals surface area contributed by atoms with E-state index in [-0.39, 0.29) is 6.61 Å². The van der Waals surface area contributed by atoms with Crippen molar-refractivity contribution in [2.45, 2.75) is 26.9 Å². The Kier molecular flexibility index (Phi) is 5.23. The maximum atomic E-state index is 10.1. The molecule has 3 nitrogen and oxygen atoms in total. The minimum absolute atomic E-state index is 0.281. The second kappa shape index (κ2) is 7.14. The Labute approximate surface area is 126 Å². The van der Waals surface area contributed by atoms with Gasteiger partial charge >= 0.3 is 0 Å². The number of aliphatic hydroxyl groups is 1. The maximum absolute atomic E-state index is 10.1. The third-order valence-electron chi connectivity index (χ3n) is 3.52. The highest BCUT2D eigenvalue weighted by atomic mass is 16.5. The van der Waals surface area contributed by atoms with Gasteiger partial charge in [0.25, 0.3) is 0 Å². The van der Waals surface area contributed by atoms with E-state index < -0.39 is 6.10 Å². The number of aryl methyl sites for hydroxylation is 3. The summed E-state index contributed by atoms with van der Waals surface area (Å²) in [7, 11) is 0. The minimum Gasteiger partial charge on any atom is -0.491 e. The van der Waals surface area contributed by atoms with Gasteiger partial charge in [-0.15, -0.1) is 0 Å². The largest absolute Gasteiger partial charge is 0.491 e. The highest BCUT2D eigenvalue weighted by Gasteiger charge is 2.08. The molecule has 2 aromatic rings. The summed E-state index contributed by atoms with van der Waals surface area (Å²) >= 11 is 0. The molecule has 0 aromatic heterocycles. The summed E-state index contributed by atoms with van der Waals surface area (Å²) in [5.74, 6) is 0.823. The molecule has 0 bridgehead atoms. The molecule has 0 saturated heterocycles. The van der Waals surface area contributed by atoms with Gasteiger partial charge in [-0.05, 0) is 43.5 Å². The summed E-state index contributed by atoms with van der Waals surface area (Å²) in [6.07, 6.45) is -0.552. The summed E-state index contributed by atoms with van der Waals surface area (Å²) < 4.78 is 5.66. The highest BCUT2D eigenvalue weighted by molar-refractivity contribution is 5.56. The molecular weight excluding hydrogens is 262 g/mol. The van der Waals surface area contributed by atoms with Crippen LogP contribution in [0.4, 0.5) is 5.69 Å². The average molecular weight is 285 g/mol. The van der Waals surface area contributed by atoms with Crippen LogP contribution in [0.1, 0.15) is 16.7 Å². The second-order valence-corrected chi connectivity index (χ2v) is 5.38. The van der Waals surface area contributed by atoms with Crippen LogP contribution in [0.3, 0.4) is 0 Å². The number of hydrogen-bond acceptors (Lipinski definition) is 3. The molecule has 0 aliphatic rings. The predicted molar refractivity (Wildman–Crippen MR) is 87.1 cm³/mol. The van der Waals surface area contributed by atoms with Gasteiger partial charge in [-0.25, -0.2) is 0 Å². The first-order chi connectivity index (χ1) is 10.1. The topological polar surface area (TPSA) is 41.5 Å². The molecule has 0 amide bonds. The van der Waals surface area contributed by atoms with Crippen LogP contribution in [0.15, 0.2) is 42.5 Å². The lowest BCUT2D eigenvalue weighted by Gasteiger charge is -2.17. The van der Waals surface area contributed by atoms with Crippen LogP contribution in [0.5, 0.6) is 5.75 Å². The molecule has 21 heavy (non-hydrogen) atoms. The zero-order valence-corrected chi connectivity index (χ0v) is 12.9. The Balaban J connectivity index is 1.85. The van der Waals surface area contributed by atoms with E-state index in [2.05, 4.69) is 31.3 Å². The summed E-state index contributed by atoms with van der Waals surface area (Å²) in [5, 5.41) is 13.4. The molecule has 3 heteroatoms. The fourth-order valence-corrected chi connectivity index (χ4v) is 2.28. The lowest BCUT2D eigenvalue weighted by Crippen LogP contribution is -2.27. The fraction of sp³-hybridized carbons (Fsp3) is 0.333. The molecular formula is C18H23NO2. The summed E-state index contributed by atoms with van der Waals surface area (Å²) in [6.45, 7) is 6.87. The zero-order chi connectivity index (χ0) is 15.2. The van der Waals surface area contributed by atoms with Gasteiger partial charge in [0, 0.05) is 12.2 Å². The van der Waals surface area contributed by atoms with E-state index in [9.17, 15) is 5.11 Å². The van der Waals surface area contributed by atoms with Gasteiger partial charge in [-0.2, -0.15) is 0 Å². The van der Waals surface area contributed by atoms with E-state index in [0.717, 1.165) is 17.0 Å². The number of rotatable bonds is 6. The first-order valence-electron chi connectivity index (χ1n) is 7.24. The lowest BCUT2D eigenvalue weighted by molar-refractivity contribution is 0.117. The fourth-order valence-electron chi connectivity index (χ4n) is 2.28. The molecule has 0 radical (unpaired) electrons. The molecule has 0 spiro atoms. The van der Waals surface area contributed by atoms with Crippen molar-refractivity contribution >= 4 is 5.69 Å². The van der Waals surface area contributed by atoms with Crippen molar-refractivity contribution in [1.82, 2.24) is 0 Å². The molecule has 0 aliphatic carbocycles. The normalized spacial score (nSPS) is 12.0. The first kappa shape index (κ1) is 15.4. The van der Waals surface area contributed by atoms with Crippen molar-refractivity contribution in [2.75, 3.05) is 18.5 Å². The molecule has 0 aliphatic heterocycles. The van der Waals surface area contributed by atoms with Crippen molar-refractivity contribution in [2.24, 2.45) is 0 Å². The van der Waals surface area contributed by atoms with Gasteiger partial charge in [0.15, 0.2) is 0 Å². The second-order valence-electron chi connectivity index (χ2n) is 5.38. The van der Waals surface area contributed by atoms with Crippen LogP contribution < -0.4 is 10.1 Å². The summed E-state index contributed by atoms with van der Waals surface area (Å²) in [5.41, 5.74) is 4.53. The summed E-state index contributed by atoms with van der Waals surface area (Å²) in [6, 6.07) is 14.0. The highest BCUT2D eigenvalue weighted by Crippen LogP contribution is 2.19. The number of nitrogens with one attached hydrogen (secondary N) is 1. The Hall–Kier alpha value is -2.00. The smallest absolute Gasteiger partial charge is 0.122 e. The summed E-state index contributed by atoms with van der Waals surface area (Å²) in [4.78, 5) is 0. The van der Waals surface area contributed by atoms with Crippen LogP contribution >= 0.6 is 0 Å². The van der Waals surface area contributed by atoms with Crippen LogP contribution in [0.25, 0.3) is 0 Å². The standard InChI is InChI=1S/C18H23NO2/c1-13-7-4-5-10-17(13)21-12-16(20)11-19-18-14(2)8-6-9-15(18)3/h4-10,16,19-20H,11-12H2,1-3H3. The zero-order valence-electron chi connectivity index (χ0n) is 12.9. The van der Waals surface area contributed by atoms with Gasteiger partial charge in [-0.3, -0.25) is 0 Å². The Morgan fingerprint density at radius 2 is 1.57 bits per heavy atom. The maximum Gasteiger partial charge on any atom is 0.122 e. The molecule has 0 saturated carbocycles. The molecule has 0 fully saturated rings. The SMILES string of the molecule is Cc1ccccc1OCC(O)CNc1c(C)cccc1C. The van der Waals surface area contributed by atoms with E-state index in [1.165, 1.54) is 11.1 Å². The minimum atomic E-state index is -0.552. The van der Waals surface area contributed by atoms with Crippen LogP contribution in [0.2, 0.25) is 0 Å². The molecule has 2 aromatic carbocycles. The first-order valence-corrected chi connectivity index (χ1v) is 7.24. The van der Waals surface area contributed by atoms with E-state index in [1.54, 1.807) is 0 Å². The molecule has 2 N–H and O–H groups in total. The number of hydrogen-bond donors (Lipinski definition) is 2. The monoisotopic (exact) mass is 285 g/mol. The number of anilines is 1. The van der Waals surface area contributed by atoms with E-state index in [0.29, 0.717) is 6.54 Å². The molecule has 1 unspecified atom stereocenters. The number of ether oxygens (including phenoxy) is 1. The van der Waals surface area contributed by atoms with Crippen molar-refractivity contribution in [1.29, 1.82) is 0 Å². The van der Waals surface area contributed by atoms with E-state index in [1.807, 2.05) is 37.3 Å². The lowest BCUT2D eigenvalue weighted by atomic mass is 10.1. The van der Waals surface area contributed by atoms with Crippen LogP contribution in [-0.2, 0) is 0 Å².